The number of rotatable bonds is 11. The van der Waals surface area contributed by atoms with Crippen LogP contribution in [0.25, 0.3) is 0 Å². The molecule has 48 heavy (non-hydrogen) atoms. The van der Waals surface area contributed by atoms with Gasteiger partial charge in [0.15, 0.2) is 0 Å². The molecule has 2 aliphatic rings. The Balaban J connectivity index is 1.42. The normalized spacial score (nSPS) is 20.4. The van der Waals surface area contributed by atoms with Crippen LogP contribution in [0.4, 0.5) is 14.9 Å². The number of nitrogens with zero attached hydrogens (tertiary/aromatic N) is 1. The molecular formula is C35H42ClFN4O6S. The highest BCUT2D eigenvalue weighted by atomic mass is 35.5. The summed E-state index contributed by atoms with van der Waals surface area (Å²) in [4.78, 5) is 27.0. The SMILES string of the molecule is COC(=O)N[C@H](C(=O)Nc1cccc(F)c1CC[C@H]1CNC[C@H](C)N1S(=O)(=O)c1ccccc1)[C@@H](c1ccc(Cl)cc1)C1CCOCC1. The number of halogens is 2. The van der Waals surface area contributed by atoms with E-state index in [0.717, 1.165) is 5.56 Å². The summed E-state index contributed by atoms with van der Waals surface area (Å²) in [6.07, 6.45) is 1.01. The number of carbonyl (C=O) groups excluding carboxylic acids is 2. The second-order valence-corrected chi connectivity index (χ2v) is 14.5. The Labute approximate surface area is 286 Å². The van der Waals surface area contributed by atoms with Gasteiger partial charge < -0.3 is 25.4 Å². The van der Waals surface area contributed by atoms with E-state index in [1.165, 1.54) is 23.5 Å². The van der Waals surface area contributed by atoms with Gasteiger partial charge in [0, 0.05) is 60.6 Å². The fraction of sp³-hybridized carbons (Fsp3) is 0.429. The van der Waals surface area contributed by atoms with Gasteiger partial charge in [0.1, 0.15) is 11.9 Å². The number of alkyl carbamates (subject to hydrolysis) is 1. The summed E-state index contributed by atoms with van der Waals surface area (Å²) in [5.41, 5.74) is 1.29. The molecule has 2 saturated heterocycles. The Hall–Kier alpha value is -3.55. The zero-order valence-corrected chi connectivity index (χ0v) is 28.6. The van der Waals surface area contributed by atoms with Gasteiger partial charge >= 0.3 is 6.09 Å². The number of methoxy groups -OCH3 is 1. The molecule has 2 aliphatic heterocycles. The molecule has 0 unspecified atom stereocenters. The Morgan fingerprint density at radius 1 is 1.04 bits per heavy atom. The van der Waals surface area contributed by atoms with Crippen LogP contribution in [0.2, 0.25) is 5.02 Å². The van der Waals surface area contributed by atoms with Crippen molar-refractivity contribution in [3.05, 3.63) is 94.8 Å². The highest BCUT2D eigenvalue weighted by Crippen LogP contribution is 2.36. The van der Waals surface area contributed by atoms with Crippen LogP contribution < -0.4 is 16.0 Å². The third kappa shape index (κ3) is 8.35. The molecule has 0 spiro atoms. The average Bonchev–Trinajstić information content (AvgIpc) is 3.09. The first kappa shape index (κ1) is 35.7. The molecule has 0 bridgehead atoms. The number of amides is 2. The summed E-state index contributed by atoms with van der Waals surface area (Å²) in [6.45, 7) is 3.76. The van der Waals surface area contributed by atoms with Crippen molar-refractivity contribution >= 4 is 39.3 Å². The van der Waals surface area contributed by atoms with E-state index in [9.17, 15) is 18.0 Å². The summed E-state index contributed by atoms with van der Waals surface area (Å²) in [6, 6.07) is 18.0. The van der Waals surface area contributed by atoms with Crippen LogP contribution in [0.5, 0.6) is 0 Å². The van der Waals surface area contributed by atoms with E-state index in [2.05, 4.69) is 16.0 Å². The number of sulfonamides is 1. The van der Waals surface area contributed by atoms with Gasteiger partial charge in [0.05, 0.1) is 12.0 Å². The highest BCUT2D eigenvalue weighted by molar-refractivity contribution is 7.89. The molecule has 2 amide bonds. The van der Waals surface area contributed by atoms with Crippen LogP contribution in [0.3, 0.4) is 0 Å². The van der Waals surface area contributed by atoms with Crippen molar-refractivity contribution in [1.29, 1.82) is 0 Å². The summed E-state index contributed by atoms with van der Waals surface area (Å²) >= 11 is 6.18. The standard InChI is InChI=1S/C35H42ClFN4O6S/c1-23-21-38-22-27(41(23)48(44,45)28-7-4-3-5-8-28)15-16-29-30(37)9-6-10-31(29)39-34(42)33(40-35(43)46-2)32(25-17-19-47-20-18-25)24-11-13-26(36)14-12-24/h3-14,23,25,27,32-33,38H,15-22H2,1-2H3,(H,39,42)(H,40,43)/t23-,27-,32-,33-/m0/s1. The van der Waals surface area contributed by atoms with Gasteiger partial charge in [-0.15, -0.1) is 0 Å². The molecule has 5 rings (SSSR count). The quantitative estimate of drug-likeness (QED) is 0.247. The van der Waals surface area contributed by atoms with Crippen LogP contribution in [-0.2, 0) is 30.7 Å². The smallest absolute Gasteiger partial charge is 0.407 e. The predicted octanol–water partition coefficient (Wildman–Crippen LogP) is 5.34. The van der Waals surface area contributed by atoms with E-state index in [0.29, 0.717) is 50.6 Å². The van der Waals surface area contributed by atoms with Crippen molar-refractivity contribution < 1.29 is 31.9 Å². The molecule has 2 heterocycles. The lowest BCUT2D eigenvalue weighted by Gasteiger charge is -2.40. The van der Waals surface area contributed by atoms with Gasteiger partial charge in [-0.3, -0.25) is 4.79 Å². The summed E-state index contributed by atoms with van der Waals surface area (Å²) in [5, 5.41) is 9.46. The van der Waals surface area contributed by atoms with E-state index in [1.54, 1.807) is 48.5 Å². The molecule has 0 radical (unpaired) electrons. The van der Waals surface area contributed by atoms with Crippen molar-refractivity contribution in [2.45, 2.75) is 61.5 Å². The highest BCUT2D eigenvalue weighted by Gasteiger charge is 2.39. The lowest BCUT2D eigenvalue weighted by atomic mass is 9.76. The van der Waals surface area contributed by atoms with Crippen LogP contribution in [0, 0.1) is 11.7 Å². The van der Waals surface area contributed by atoms with E-state index >= 15 is 4.39 Å². The van der Waals surface area contributed by atoms with Crippen molar-refractivity contribution in [3.63, 3.8) is 0 Å². The summed E-state index contributed by atoms with van der Waals surface area (Å²) in [5.74, 6) is -1.55. The second-order valence-electron chi connectivity index (χ2n) is 12.2. The molecule has 0 aliphatic carbocycles. The van der Waals surface area contributed by atoms with E-state index in [1.807, 2.05) is 19.1 Å². The summed E-state index contributed by atoms with van der Waals surface area (Å²) < 4.78 is 55.0. The van der Waals surface area contributed by atoms with Gasteiger partial charge in [0.25, 0.3) is 0 Å². The largest absolute Gasteiger partial charge is 0.453 e. The molecule has 4 atom stereocenters. The van der Waals surface area contributed by atoms with E-state index in [4.69, 9.17) is 21.1 Å². The number of piperazine rings is 1. The lowest BCUT2D eigenvalue weighted by molar-refractivity contribution is -0.119. The predicted molar refractivity (Wildman–Crippen MR) is 182 cm³/mol. The zero-order valence-electron chi connectivity index (χ0n) is 27.0. The van der Waals surface area contributed by atoms with Crippen LogP contribution >= 0.6 is 11.6 Å². The second kappa shape index (κ2) is 16.2. The molecule has 0 aromatic heterocycles. The third-order valence-electron chi connectivity index (χ3n) is 9.17. The Bertz CT molecular complexity index is 1660. The van der Waals surface area contributed by atoms with Crippen LogP contribution in [0.15, 0.2) is 77.7 Å². The minimum Gasteiger partial charge on any atom is -0.453 e. The van der Waals surface area contributed by atoms with E-state index < -0.39 is 45.8 Å². The van der Waals surface area contributed by atoms with Gasteiger partial charge in [-0.25, -0.2) is 17.6 Å². The molecule has 258 valence electrons. The Kier molecular flexibility index (Phi) is 12.1. The monoisotopic (exact) mass is 700 g/mol. The number of hydrogen-bond donors (Lipinski definition) is 3. The van der Waals surface area contributed by atoms with Gasteiger partial charge in [0.2, 0.25) is 15.9 Å². The first-order valence-electron chi connectivity index (χ1n) is 16.2. The Morgan fingerprint density at radius 2 is 1.75 bits per heavy atom. The van der Waals surface area contributed by atoms with E-state index in [-0.39, 0.29) is 34.5 Å². The third-order valence-corrected chi connectivity index (χ3v) is 11.5. The first-order valence-corrected chi connectivity index (χ1v) is 18.0. The maximum atomic E-state index is 15.5. The summed E-state index contributed by atoms with van der Waals surface area (Å²) in [7, 11) is -2.59. The van der Waals surface area contributed by atoms with Gasteiger partial charge in [-0.1, -0.05) is 48.0 Å². The molecule has 3 aromatic rings. The topological polar surface area (TPSA) is 126 Å². The number of ether oxygens (including phenoxy) is 2. The first-order chi connectivity index (χ1) is 23.1. The number of benzene rings is 3. The van der Waals surface area contributed by atoms with Crippen molar-refractivity contribution in [3.8, 4) is 0 Å². The average molecular weight is 701 g/mol. The van der Waals surface area contributed by atoms with Crippen LogP contribution in [-0.4, -0.2) is 76.3 Å². The van der Waals surface area contributed by atoms with Crippen LogP contribution in [0.1, 0.15) is 43.2 Å². The van der Waals surface area contributed by atoms with Crippen molar-refractivity contribution in [2.24, 2.45) is 5.92 Å². The Morgan fingerprint density at radius 3 is 2.44 bits per heavy atom. The maximum absolute atomic E-state index is 15.5. The fourth-order valence-corrected chi connectivity index (χ4v) is 8.82. The zero-order chi connectivity index (χ0) is 34.3. The minimum atomic E-state index is -3.82. The van der Waals surface area contributed by atoms with Crippen molar-refractivity contribution in [1.82, 2.24) is 14.9 Å². The fourth-order valence-electron chi connectivity index (χ4n) is 6.83. The molecule has 13 heteroatoms. The molecule has 10 nitrogen and oxygen atoms in total. The van der Waals surface area contributed by atoms with Gasteiger partial charge in [-0.05, 0) is 80.5 Å². The maximum Gasteiger partial charge on any atom is 0.407 e. The molecular weight excluding hydrogens is 659 g/mol. The number of anilines is 1. The lowest BCUT2D eigenvalue weighted by Crippen LogP contribution is -2.58. The number of hydrogen-bond acceptors (Lipinski definition) is 7. The molecule has 3 N–H and O–H groups in total. The molecule has 3 aromatic carbocycles. The van der Waals surface area contributed by atoms with Crippen molar-refractivity contribution in [2.75, 3.05) is 38.7 Å². The number of carbonyl (C=O) groups is 2. The minimum absolute atomic E-state index is 0.0156. The number of nitrogens with one attached hydrogen (secondary N) is 3. The molecule has 0 saturated carbocycles. The molecule has 2 fully saturated rings. The van der Waals surface area contributed by atoms with Gasteiger partial charge in [-0.2, -0.15) is 4.31 Å².